The van der Waals surface area contributed by atoms with Crippen LogP contribution in [-0.2, 0) is 24.0 Å². The van der Waals surface area contributed by atoms with Gasteiger partial charge >= 0.3 is 6.03 Å². The molecular weight excluding hydrogens is 514 g/mol. The van der Waals surface area contributed by atoms with Crippen molar-refractivity contribution in [3.05, 3.63) is 12.7 Å². The van der Waals surface area contributed by atoms with Gasteiger partial charge in [0.15, 0.2) is 5.78 Å². The second-order valence-electron chi connectivity index (χ2n) is 11.9. The molecule has 0 aromatic heterocycles. The maximum Gasteiger partial charge on any atom is 0.316 e. The Hall–Kier alpha value is -3.24. The summed E-state index contributed by atoms with van der Waals surface area (Å²) in [5, 5.41) is 10.3. The number of likely N-dealkylation sites (tertiary alicyclic amines) is 1. The van der Waals surface area contributed by atoms with Crippen LogP contribution in [0.4, 0.5) is 4.79 Å². The lowest BCUT2D eigenvalue weighted by Gasteiger charge is -2.35. The minimum atomic E-state index is -0.962. The van der Waals surface area contributed by atoms with Crippen molar-refractivity contribution in [3.63, 3.8) is 0 Å². The van der Waals surface area contributed by atoms with Crippen molar-refractivity contribution < 1.29 is 28.8 Å². The Balaban J connectivity index is 0.00000254. The van der Waals surface area contributed by atoms with E-state index in [-0.39, 0.29) is 24.2 Å². The van der Waals surface area contributed by atoms with Crippen LogP contribution in [-0.4, -0.2) is 78.0 Å². The Labute approximate surface area is 238 Å². The summed E-state index contributed by atoms with van der Waals surface area (Å²) in [5.74, 6) is -2.72. The molecule has 1 saturated carbocycles. The Morgan fingerprint density at radius 1 is 0.975 bits per heavy atom. The molecule has 2 aliphatic rings. The van der Waals surface area contributed by atoms with E-state index < -0.39 is 59.6 Å². The van der Waals surface area contributed by atoms with Crippen molar-refractivity contribution in [3.8, 4) is 0 Å². The summed E-state index contributed by atoms with van der Waals surface area (Å²) < 4.78 is 0. The van der Waals surface area contributed by atoms with Crippen LogP contribution >= 0.6 is 0 Å². The van der Waals surface area contributed by atoms with E-state index in [2.05, 4.69) is 41.7 Å². The summed E-state index contributed by atoms with van der Waals surface area (Å²) in [7, 11) is 0. The van der Waals surface area contributed by atoms with E-state index in [0.29, 0.717) is 19.4 Å². The average Bonchev–Trinajstić information content (AvgIpc) is 3.62. The molecule has 4 N–H and O–H groups in total. The molecular formula is C29H49N5O6. The van der Waals surface area contributed by atoms with E-state index in [1.807, 2.05) is 13.8 Å². The first-order valence-corrected chi connectivity index (χ1v) is 14.3. The molecule has 0 aromatic rings. The third-order valence-electron chi connectivity index (χ3n) is 6.55. The number of Topliss-reactive ketones (excluding diaryl/α,β-unsaturated/α-hetero) is 2. The van der Waals surface area contributed by atoms with Crippen molar-refractivity contribution in [2.24, 2.45) is 17.3 Å². The largest absolute Gasteiger partial charge is 0.347 e. The fourth-order valence-corrected chi connectivity index (χ4v) is 4.25. The number of carbonyl (C=O) groups is 6. The zero-order valence-electron chi connectivity index (χ0n) is 25.2. The second-order valence-corrected chi connectivity index (χ2v) is 11.9. The van der Waals surface area contributed by atoms with Gasteiger partial charge in [-0.25, -0.2) is 4.79 Å². The van der Waals surface area contributed by atoms with E-state index in [9.17, 15) is 28.8 Å². The molecule has 1 heterocycles. The molecule has 3 unspecified atom stereocenters. The third-order valence-corrected chi connectivity index (χ3v) is 6.55. The number of amides is 5. The van der Waals surface area contributed by atoms with Crippen molar-refractivity contribution in [2.75, 3.05) is 19.6 Å². The Morgan fingerprint density at radius 2 is 1.57 bits per heavy atom. The Morgan fingerprint density at radius 3 is 2.08 bits per heavy atom. The Bertz CT molecular complexity index is 938. The minimum Gasteiger partial charge on any atom is -0.347 e. The molecule has 1 aliphatic heterocycles. The number of ketones is 2. The zero-order valence-corrected chi connectivity index (χ0v) is 25.2. The summed E-state index contributed by atoms with van der Waals surface area (Å²) in [5.41, 5.74) is -0.689. The molecule has 0 bridgehead atoms. The first-order valence-electron chi connectivity index (χ1n) is 14.3. The van der Waals surface area contributed by atoms with Crippen LogP contribution < -0.4 is 21.3 Å². The second kappa shape index (κ2) is 16.1. The lowest BCUT2D eigenvalue weighted by atomic mass is 9.85. The summed E-state index contributed by atoms with van der Waals surface area (Å²) in [6.45, 7) is 16.8. The fraction of sp³-hybridized carbons (Fsp3) is 0.724. The maximum absolute atomic E-state index is 13.6. The van der Waals surface area contributed by atoms with Crippen molar-refractivity contribution in [1.29, 1.82) is 0 Å². The van der Waals surface area contributed by atoms with Gasteiger partial charge in [-0.2, -0.15) is 0 Å². The summed E-state index contributed by atoms with van der Waals surface area (Å²) in [4.78, 5) is 77.0. The number of nitrogens with zero attached hydrogens (tertiary/aromatic N) is 1. The number of hydrogen-bond donors (Lipinski definition) is 4. The molecule has 5 amide bonds. The highest BCUT2D eigenvalue weighted by Gasteiger charge is 2.43. The smallest absolute Gasteiger partial charge is 0.316 e. The lowest BCUT2D eigenvalue weighted by Crippen LogP contribution is -2.60. The van der Waals surface area contributed by atoms with E-state index in [4.69, 9.17) is 0 Å². The van der Waals surface area contributed by atoms with Gasteiger partial charge in [-0.15, -0.1) is 6.58 Å². The minimum absolute atomic E-state index is 0.00721. The van der Waals surface area contributed by atoms with E-state index in [1.165, 1.54) is 17.4 Å². The SMILES string of the molecule is C=CCNC(=O)C(=O)CNC(=O)C1CCCN1C(=O)C(NC(=O)NC(C(=O)C1CC1)C(C)C)C(C)(C)C.CCC. The highest BCUT2D eigenvalue weighted by Crippen LogP contribution is 2.32. The number of carbonyl (C=O) groups excluding carboxylic acids is 6. The summed E-state index contributed by atoms with van der Waals surface area (Å²) in [6, 6.07) is -3.05. The van der Waals surface area contributed by atoms with Crippen molar-refractivity contribution in [2.45, 2.75) is 98.7 Å². The number of nitrogens with one attached hydrogen (secondary N) is 4. The van der Waals surface area contributed by atoms with Gasteiger partial charge in [0, 0.05) is 19.0 Å². The standard InChI is InChI=1S/C26H41N5O6.C3H8/c1-7-12-27-23(35)18(32)14-28-22(34)17-9-8-13-31(17)24(36)21(26(4,5)6)30-25(37)29-19(15(2)3)20(33)16-10-11-16;1-3-2/h7,15-17,19,21H,1,8-14H2,2-6H3,(H,27,35)(H,28,34)(H2,29,30,37);3H2,1-2H3. The number of urea groups is 1. The predicted octanol–water partition coefficient (Wildman–Crippen LogP) is 2.10. The topological polar surface area (TPSA) is 154 Å². The van der Waals surface area contributed by atoms with Gasteiger partial charge in [-0.05, 0) is 37.0 Å². The van der Waals surface area contributed by atoms with Gasteiger partial charge in [0.2, 0.25) is 17.6 Å². The molecule has 11 heteroatoms. The molecule has 0 spiro atoms. The highest BCUT2D eigenvalue weighted by molar-refractivity contribution is 6.37. The molecule has 0 aromatic carbocycles. The molecule has 2 fully saturated rings. The van der Waals surface area contributed by atoms with Gasteiger partial charge in [-0.1, -0.05) is 61.0 Å². The van der Waals surface area contributed by atoms with E-state index >= 15 is 0 Å². The molecule has 3 atom stereocenters. The normalized spacial score (nSPS) is 18.0. The fourth-order valence-electron chi connectivity index (χ4n) is 4.25. The first kappa shape index (κ1) is 34.8. The molecule has 0 radical (unpaired) electrons. The molecule has 226 valence electrons. The van der Waals surface area contributed by atoms with Crippen LogP contribution in [0.15, 0.2) is 12.7 Å². The average molecular weight is 564 g/mol. The zero-order chi connectivity index (χ0) is 30.6. The van der Waals surface area contributed by atoms with Gasteiger partial charge in [0.25, 0.3) is 5.91 Å². The predicted molar refractivity (Wildman–Crippen MR) is 153 cm³/mol. The van der Waals surface area contributed by atoms with Gasteiger partial charge in [0.1, 0.15) is 12.1 Å². The third kappa shape index (κ3) is 10.7. The maximum atomic E-state index is 13.6. The van der Waals surface area contributed by atoms with Crippen molar-refractivity contribution in [1.82, 2.24) is 26.2 Å². The molecule has 1 aliphatic carbocycles. The molecule has 40 heavy (non-hydrogen) atoms. The van der Waals surface area contributed by atoms with Crippen LogP contribution in [0.1, 0.15) is 80.6 Å². The van der Waals surface area contributed by atoms with E-state index in [0.717, 1.165) is 12.8 Å². The van der Waals surface area contributed by atoms with Crippen molar-refractivity contribution >= 4 is 35.3 Å². The lowest BCUT2D eigenvalue weighted by molar-refractivity contribution is -0.142. The van der Waals surface area contributed by atoms with Crippen LogP contribution in [0.5, 0.6) is 0 Å². The summed E-state index contributed by atoms with van der Waals surface area (Å²) in [6.07, 6.45) is 5.31. The van der Waals surface area contributed by atoms with Crippen LogP contribution in [0, 0.1) is 17.3 Å². The van der Waals surface area contributed by atoms with Crippen LogP contribution in [0.2, 0.25) is 0 Å². The van der Waals surface area contributed by atoms with E-state index in [1.54, 1.807) is 20.8 Å². The van der Waals surface area contributed by atoms with Crippen LogP contribution in [0.3, 0.4) is 0 Å². The molecule has 2 rings (SSSR count). The summed E-state index contributed by atoms with van der Waals surface area (Å²) >= 11 is 0. The molecule has 1 saturated heterocycles. The monoisotopic (exact) mass is 563 g/mol. The van der Waals surface area contributed by atoms with Gasteiger partial charge in [-0.3, -0.25) is 24.0 Å². The number of rotatable bonds is 12. The quantitative estimate of drug-likeness (QED) is 0.211. The first-order chi connectivity index (χ1) is 18.7. The van der Waals surface area contributed by atoms with Gasteiger partial charge in [0.05, 0.1) is 12.6 Å². The Kier molecular flexibility index (Phi) is 14.0. The van der Waals surface area contributed by atoms with Crippen LogP contribution in [0.25, 0.3) is 0 Å². The molecule has 11 nitrogen and oxygen atoms in total. The van der Waals surface area contributed by atoms with Gasteiger partial charge < -0.3 is 26.2 Å². The highest BCUT2D eigenvalue weighted by atomic mass is 16.2. The number of hydrogen-bond acceptors (Lipinski definition) is 6.